The normalized spacial score (nSPS) is 15.7. The highest BCUT2D eigenvalue weighted by Gasteiger charge is 2.25. The van der Waals surface area contributed by atoms with Crippen LogP contribution in [0.15, 0.2) is 24.3 Å². The molecule has 0 spiro atoms. The minimum Gasteiger partial charge on any atom is -0.378 e. The second kappa shape index (κ2) is 6.26. The number of nitrogens with one attached hydrogen (secondary N) is 1. The molecule has 21 heavy (non-hydrogen) atoms. The second-order valence-corrected chi connectivity index (χ2v) is 6.15. The van der Waals surface area contributed by atoms with Crippen LogP contribution in [0.5, 0.6) is 0 Å². The third-order valence-electron chi connectivity index (χ3n) is 3.39. The molecule has 5 heteroatoms. The van der Waals surface area contributed by atoms with E-state index in [-0.39, 0.29) is 11.8 Å². The molecule has 1 N–H and O–H groups in total. The highest BCUT2D eigenvalue weighted by atomic mass is 16.5. The molecule has 0 aliphatic carbocycles. The molecule has 0 bridgehead atoms. The molecule has 1 fully saturated rings. The van der Waals surface area contributed by atoms with Gasteiger partial charge in [0.1, 0.15) is 0 Å². The van der Waals surface area contributed by atoms with Gasteiger partial charge in [0.05, 0.1) is 24.5 Å². The monoisotopic (exact) mass is 290 g/mol. The Morgan fingerprint density at radius 1 is 1.14 bits per heavy atom. The lowest BCUT2D eigenvalue weighted by molar-refractivity contribution is -0.123. The van der Waals surface area contributed by atoms with E-state index in [1.54, 1.807) is 23.1 Å². The molecule has 0 saturated carbocycles. The van der Waals surface area contributed by atoms with Gasteiger partial charge >= 0.3 is 0 Å². The van der Waals surface area contributed by atoms with E-state index in [1.165, 1.54) is 0 Å². The molecule has 114 valence electrons. The fraction of sp³-hybridized carbons (Fsp3) is 0.500. The van der Waals surface area contributed by atoms with E-state index in [2.05, 4.69) is 5.32 Å². The van der Waals surface area contributed by atoms with Crippen LogP contribution in [0.1, 0.15) is 31.1 Å². The number of para-hydroxylation sites is 1. The topological polar surface area (TPSA) is 58.6 Å². The average Bonchev–Trinajstić information content (AvgIpc) is 2.47. The van der Waals surface area contributed by atoms with Crippen LogP contribution in [0.3, 0.4) is 0 Å². The third kappa shape index (κ3) is 3.82. The van der Waals surface area contributed by atoms with Crippen molar-refractivity contribution in [1.29, 1.82) is 0 Å². The summed E-state index contributed by atoms with van der Waals surface area (Å²) in [6.07, 6.45) is 0. The minimum atomic E-state index is -0.505. The van der Waals surface area contributed by atoms with Gasteiger partial charge in [-0.15, -0.1) is 0 Å². The van der Waals surface area contributed by atoms with Gasteiger partial charge in [-0.2, -0.15) is 0 Å². The summed E-state index contributed by atoms with van der Waals surface area (Å²) in [7, 11) is 0. The Hall–Kier alpha value is -1.88. The lowest BCUT2D eigenvalue weighted by atomic mass is 9.95. The zero-order chi connectivity index (χ0) is 15.5. The molecule has 0 unspecified atom stereocenters. The van der Waals surface area contributed by atoms with E-state index in [0.29, 0.717) is 37.6 Å². The van der Waals surface area contributed by atoms with E-state index >= 15 is 0 Å². The molecule has 2 amide bonds. The number of morpholine rings is 1. The molecular formula is C16H22N2O3. The number of benzene rings is 1. The molecule has 0 aromatic heterocycles. The summed E-state index contributed by atoms with van der Waals surface area (Å²) >= 11 is 0. The Bertz CT molecular complexity index is 529. The molecule has 0 radical (unpaired) electrons. The Labute approximate surface area is 125 Å². The fourth-order valence-corrected chi connectivity index (χ4v) is 2.03. The molecule has 1 aliphatic rings. The van der Waals surface area contributed by atoms with Crippen LogP contribution in [0.2, 0.25) is 0 Å². The first-order valence-corrected chi connectivity index (χ1v) is 7.17. The van der Waals surface area contributed by atoms with E-state index < -0.39 is 5.41 Å². The summed E-state index contributed by atoms with van der Waals surface area (Å²) in [5.74, 6) is -0.173. The Kier molecular flexibility index (Phi) is 4.63. The lowest BCUT2D eigenvalue weighted by Crippen LogP contribution is -2.41. The van der Waals surface area contributed by atoms with Crippen LogP contribution >= 0.6 is 0 Å². The fourth-order valence-electron chi connectivity index (χ4n) is 2.03. The van der Waals surface area contributed by atoms with Gasteiger partial charge in [0.15, 0.2) is 0 Å². The molecular weight excluding hydrogens is 268 g/mol. The smallest absolute Gasteiger partial charge is 0.256 e. The molecule has 1 aromatic rings. The summed E-state index contributed by atoms with van der Waals surface area (Å²) in [5.41, 5.74) is 0.584. The van der Waals surface area contributed by atoms with Crippen molar-refractivity contribution in [2.75, 3.05) is 31.6 Å². The summed E-state index contributed by atoms with van der Waals surface area (Å²) < 4.78 is 5.26. The second-order valence-electron chi connectivity index (χ2n) is 6.15. The number of amides is 2. The van der Waals surface area contributed by atoms with Crippen molar-refractivity contribution in [3.05, 3.63) is 29.8 Å². The van der Waals surface area contributed by atoms with Gasteiger partial charge in [0.2, 0.25) is 5.91 Å². The third-order valence-corrected chi connectivity index (χ3v) is 3.39. The molecule has 1 aromatic carbocycles. The van der Waals surface area contributed by atoms with Gasteiger partial charge in [-0.25, -0.2) is 0 Å². The van der Waals surface area contributed by atoms with Crippen LogP contribution in [-0.4, -0.2) is 43.0 Å². The van der Waals surface area contributed by atoms with Crippen molar-refractivity contribution >= 4 is 17.5 Å². The molecule has 5 nitrogen and oxygen atoms in total. The Morgan fingerprint density at radius 3 is 2.38 bits per heavy atom. The van der Waals surface area contributed by atoms with Gasteiger partial charge in [-0.1, -0.05) is 32.9 Å². The number of ether oxygens (including phenoxy) is 1. The van der Waals surface area contributed by atoms with E-state index in [9.17, 15) is 9.59 Å². The zero-order valence-electron chi connectivity index (χ0n) is 12.8. The number of hydrogen-bond acceptors (Lipinski definition) is 3. The SMILES string of the molecule is CC(C)(C)C(=O)Nc1ccccc1C(=O)N1CCOCC1. The molecule has 2 rings (SSSR count). The van der Waals surface area contributed by atoms with Crippen LogP contribution in [-0.2, 0) is 9.53 Å². The maximum absolute atomic E-state index is 12.6. The summed E-state index contributed by atoms with van der Waals surface area (Å²) in [6, 6.07) is 7.13. The van der Waals surface area contributed by atoms with Crippen LogP contribution < -0.4 is 5.32 Å². The van der Waals surface area contributed by atoms with Crippen molar-refractivity contribution in [2.24, 2.45) is 5.41 Å². The number of anilines is 1. The molecule has 1 saturated heterocycles. The van der Waals surface area contributed by atoms with Gasteiger partial charge in [0, 0.05) is 18.5 Å². The number of carbonyl (C=O) groups excluding carboxylic acids is 2. The predicted molar refractivity (Wildman–Crippen MR) is 81.2 cm³/mol. The average molecular weight is 290 g/mol. The highest BCUT2D eigenvalue weighted by Crippen LogP contribution is 2.22. The van der Waals surface area contributed by atoms with Crippen molar-refractivity contribution in [2.45, 2.75) is 20.8 Å². The van der Waals surface area contributed by atoms with Gasteiger partial charge in [-0.3, -0.25) is 9.59 Å². The predicted octanol–water partition coefficient (Wildman–Crippen LogP) is 2.14. The van der Waals surface area contributed by atoms with E-state index in [0.717, 1.165) is 0 Å². The molecule has 1 heterocycles. The van der Waals surface area contributed by atoms with Crippen LogP contribution in [0, 0.1) is 5.41 Å². The Morgan fingerprint density at radius 2 is 1.76 bits per heavy atom. The number of rotatable bonds is 2. The quantitative estimate of drug-likeness (QED) is 0.908. The van der Waals surface area contributed by atoms with Gasteiger partial charge in [-0.05, 0) is 12.1 Å². The Balaban J connectivity index is 2.20. The summed E-state index contributed by atoms with van der Waals surface area (Å²) in [5, 5.41) is 2.85. The van der Waals surface area contributed by atoms with E-state index in [1.807, 2.05) is 26.8 Å². The molecule has 0 atom stereocenters. The largest absolute Gasteiger partial charge is 0.378 e. The first kappa shape index (κ1) is 15.5. The van der Waals surface area contributed by atoms with E-state index in [4.69, 9.17) is 4.74 Å². The van der Waals surface area contributed by atoms with Crippen LogP contribution in [0.4, 0.5) is 5.69 Å². The maximum Gasteiger partial charge on any atom is 0.256 e. The highest BCUT2D eigenvalue weighted by molar-refractivity contribution is 6.04. The van der Waals surface area contributed by atoms with Crippen LogP contribution in [0.25, 0.3) is 0 Å². The summed E-state index contributed by atoms with van der Waals surface area (Å²) in [6.45, 7) is 7.81. The first-order valence-electron chi connectivity index (χ1n) is 7.17. The van der Waals surface area contributed by atoms with Gasteiger partial charge in [0.25, 0.3) is 5.91 Å². The summed E-state index contributed by atoms with van der Waals surface area (Å²) in [4.78, 5) is 26.5. The number of nitrogens with zero attached hydrogens (tertiary/aromatic N) is 1. The van der Waals surface area contributed by atoms with Gasteiger partial charge < -0.3 is 15.0 Å². The standard InChI is InChI=1S/C16H22N2O3/c1-16(2,3)15(20)17-13-7-5-4-6-12(13)14(19)18-8-10-21-11-9-18/h4-7H,8-11H2,1-3H3,(H,17,20). The first-order chi connectivity index (χ1) is 9.89. The minimum absolute atomic E-state index is 0.0666. The molecule has 1 aliphatic heterocycles. The number of carbonyl (C=O) groups is 2. The zero-order valence-corrected chi connectivity index (χ0v) is 12.8. The van der Waals surface area contributed by atoms with Crippen molar-refractivity contribution in [3.8, 4) is 0 Å². The van der Waals surface area contributed by atoms with Crippen molar-refractivity contribution < 1.29 is 14.3 Å². The lowest BCUT2D eigenvalue weighted by Gasteiger charge is -2.28. The maximum atomic E-state index is 12.6. The van der Waals surface area contributed by atoms with Crippen molar-refractivity contribution in [1.82, 2.24) is 4.90 Å². The van der Waals surface area contributed by atoms with Crippen molar-refractivity contribution in [3.63, 3.8) is 0 Å². The number of hydrogen-bond donors (Lipinski definition) is 1.